The van der Waals surface area contributed by atoms with Crippen LogP contribution in [0.1, 0.15) is 10.4 Å². The van der Waals surface area contributed by atoms with Gasteiger partial charge < -0.3 is 9.84 Å². The summed E-state index contributed by atoms with van der Waals surface area (Å²) in [5.41, 5.74) is -0.141. The Balaban J connectivity index is 2.93. The fourth-order valence-electron chi connectivity index (χ4n) is 1.71. The van der Waals surface area contributed by atoms with Crippen LogP contribution in [0.2, 0.25) is 0 Å². The zero-order valence-corrected chi connectivity index (χ0v) is 8.53. The average molecular weight is 220 g/mol. The maximum absolute atomic E-state index is 13.6. The zero-order valence-electron chi connectivity index (χ0n) is 8.53. The molecular formula is C12H9FO3. The van der Waals surface area contributed by atoms with E-state index in [4.69, 9.17) is 9.84 Å². The molecule has 2 aromatic rings. The fraction of sp³-hybridized carbons (Fsp3) is 0.0833. The minimum atomic E-state index is -1.20. The van der Waals surface area contributed by atoms with Crippen molar-refractivity contribution in [2.75, 3.05) is 7.11 Å². The molecule has 0 bridgehead atoms. The summed E-state index contributed by atoms with van der Waals surface area (Å²) in [7, 11) is 1.25. The van der Waals surface area contributed by atoms with Crippen LogP contribution in [-0.2, 0) is 0 Å². The molecule has 82 valence electrons. The van der Waals surface area contributed by atoms with Gasteiger partial charge in [-0.2, -0.15) is 0 Å². The SMILES string of the molecule is COc1c(F)cc2ccccc2c1C(=O)O. The van der Waals surface area contributed by atoms with Gasteiger partial charge in [0.2, 0.25) is 0 Å². The molecule has 4 heteroatoms. The van der Waals surface area contributed by atoms with Crippen LogP contribution in [-0.4, -0.2) is 18.2 Å². The van der Waals surface area contributed by atoms with Crippen LogP contribution in [0.5, 0.6) is 5.75 Å². The lowest BCUT2D eigenvalue weighted by Gasteiger charge is -2.09. The number of methoxy groups -OCH3 is 1. The van der Waals surface area contributed by atoms with Gasteiger partial charge in [-0.25, -0.2) is 9.18 Å². The van der Waals surface area contributed by atoms with Crippen molar-refractivity contribution in [1.29, 1.82) is 0 Å². The van der Waals surface area contributed by atoms with Gasteiger partial charge in [-0.05, 0) is 11.5 Å². The van der Waals surface area contributed by atoms with Gasteiger partial charge in [-0.15, -0.1) is 0 Å². The third-order valence-corrected chi connectivity index (χ3v) is 2.37. The number of ether oxygens (including phenoxy) is 1. The minimum Gasteiger partial charge on any atom is -0.493 e. The molecule has 2 rings (SSSR count). The Kier molecular flexibility index (Phi) is 2.48. The fourth-order valence-corrected chi connectivity index (χ4v) is 1.71. The van der Waals surface area contributed by atoms with E-state index >= 15 is 0 Å². The number of carbonyl (C=O) groups is 1. The monoisotopic (exact) mass is 220 g/mol. The number of hydrogen-bond acceptors (Lipinski definition) is 2. The molecule has 16 heavy (non-hydrogen) atoms. The largest absolute Gasteiger partial charge is 0.493 e. The molecule has 0 spiro atoms. The summed E-state index contributed by atoms with van der Waals surface area (Å²) in [5.74, 6) is -2.10. The second-order valence-corrected chi connectivity index (χ2v) is 3.29. The molecular weight excluding hydrogens is 211 g/mol. The van der Waals surface area contributed by atoms with E-state index in [0.717, 1.165) is 0 Å². The molecule has 0 aliphatic rings. The molecule has 0 fully saturated rings. The van der Waals surface area contributed by atoms with E-state index in [2.05, 4.69) is 0 Å². The Bertz CT molecular complexity index is 563. The molecule has 0 amide bonds. The van der Waals surface area contributed by atoms with Crippen molar-refractivity contribution < 1.29 is 19.0 Å². The van der Waals surface area contributed by atoms with Crippen molar-refractivity contribution in [3.8, 4) is 5.75 Å². The van der Waals surface area contributed by atoms with Gasteiger partial charge in [-0.3, -0.25) is 0 Å². The van der Waals surface area contributed by atoms with Crippen LogP contribution in [0.25, 0.3) is 10.8 Å². The third-order valence-electron chi connectivity index (χ3n) is 2.37. The number of halogens is 1. The van der Waals surface area contributed by atoms with Gasteiger partial charge >= 0.3 is 5.97 Å². The molecule has 0 aliphatic heterocycles. The number of hydrogen-bond donors (Lipinski definition) is 1. The van der Waals surface area contributed by atoms with Gasteiger partial charge in [0, 0.05) is 5.39 Å². The van der Waals surface area contributed by atoms with Crippen LogP contribution in [0.4, 0.5) is 4.39 Å². The zero-order chi connectivity index (χ0) is 11.7. The van der Waals surface area contributed by atoms with Crippen LogP contribution >= 0.6 is 0 Å². The molecule has 1 N–H and O–H groups in total. The molecule has 3 nitrogen and oxygen atoms in total. The molecule has 0 unspecified atom stereocenters. The first-order chi connectivity index (χ1) is 7.65. The molecule has 0 saturated carbocycles. The molecule has 0 heterocycles. The lowest BCUT2D eigenvalue weighted by atomic mass is 10.0. The van der Waals surface area contributed by atoms with Crippen molar-refractivity contribution in [1.82, 2.24) is 0 Å². The van der Waals surface area contributed by atoms with Crippen LogP contribution in [0.15, 0.2) is 30.3 Å². The second kappa shape index (κ2) is 3.81. The average Bonchev–Trinajstić information content (AvgIpc) is 2.26. The lowest BCUT2D eigenvalue weighted by Crippen LogP contribution is -2.03. The van der Waals surface area contributed by atoms with E-state index in [9.17, 15) is 9.18 Å². The summed E-state index contributed by atoms with van der Waals surface area (Å²) in [4.78, 5) is 11.1. The summed E-state index contributed by atoms with van der Waals surface area (Å²) in [6.07, 6.45) is 0. The van der Waals surface area contributed by atoms with Gasteiger partial charge in [0.05, 0.1) is 7.11 Å². The molecule has 0 aliphatic carbocycles. The van der Waals surface area contributed by atoms with Gasteiger partial charge in [0.1, 0.15) is 5.56 Å². The predicted octanol–water partition coefficient (Wildman–Crippen LogP) is 2.69. The van der Waals surface area contributed by atoms with Crippen LogP contribution in [0, 0.1) is 5.82 Å². The van der Waals surface area contributed by atoms with Gasteiger partial charge in [-0.1, -0.05) is 24.3 Å². The predicted molar refractivity (Wildman–Crippen MR) is 57.4 cm³/mol. The highest BCUT2D eigenvalue weighted by atomic mass is 19.1. The normalized spacial score (nSPS) is 10.4. The van der Waals surface area contributed by atoms with E-state index < -0.39 is 11.8 Å². The smallest absolute Gasteiger partial charge is 0.340 e. The minimum absolute atomic E-state index is 0.141. The number of carboxylic acid groups (broad SMARTS) is 1. The van der Waals surface area contributed by atoms with E-state index in [1.165, 1.54) is 13.2 Å². The molecule has 0 saturated heterocycles. The summed E-state index contributed by atoms with van der Waals surface area (Å²) < 4.78 is 18.3. The topological polar surface area (TPSA) is 46.5 Å². The highest BCUT2D eigenvalue weighted by Gasteiger charge is 2.19. The summed E-state index contributed by atoms with van der Waals surface area (Å²) in [6, 6.07) is 7.97. The highest BCUT2D eigenvalue weighted by molar-refractivity contribution is 6.06. The van der Waals surface area contributed by atoms with E-state index in [-0.39, 0.29) is 11.3 Å². The van der Waals surface area contributed by atoms with Crippen LogP contribution < -0.4 is 4.74 Å². The molecule has 0 aromatic heterocycles. The van der Waals surface area contributed by atoms with Crippen molar-refractivity contribution in [2.45, 2.75) is 0 Å². The summed E-state index contributed by atoms with van der Waals surface area (Å²) in [6.45, 7) is 0. The highest BCUT2D eigenvalue weighted by Crippen LogP contribution is 2.30. The first kappa shape index (κ1) is 10.4. The number of fused-ring (bicyclic) bond motifs is 1. The van der Waals surface area contributed by atoms with Crippen molar-refractivity contribution in [3.63, 3.8) is 0 Å². The Morgan fingerprint density at radius 2 is 2.06 bits per heavy atom. The molecule has 0 atom stereocenters. The van der Waals surface area contributed by atoms with Gasteiger partial charge in [0.25, 0.3) is 0 Å². The maximum Gasteiger partial charge on any atom is 0.340 e. The first-order valence-corrected chi connectivity index (χ1v) is 4.63. The van der Waals surface area contributed by atoms with Crippen molar-refractivity contribution in [2.24, 2.45) is 0 Å². The Labute approximate surface area is 91.1 Å². The third kappa shape index (κ3) is 1.48. The Morgan fingerprint density at radius 1 is 1.38 bits per heavy atom. The Morgan fingerprint density at radius 3 is 2.69 bits per heavy atom. The Hall–Kier alpha value is -2.10. The van der Waals surface area contributed by atoms with E-state index in [1.807, 2.05) is 0 Å². The van der Waals surface area contributed by atoms with Crippen LogP contribution in [0.3, 0.4) is 0 Å². The van der Waals surface area contributed by atoms with Crippen molar-refractivity contribution in [3.05, 3.63) is 41.7 Å². The molecule has 0 radical (unpaired) electrons. The van der Waals surface area contributed by atoms with Gasteiger partial charge in [0.15, 0.2) is 11.6 Å². The van der Waals surface area contributed by atoms with Crippen molar-refractivity contribution >= 4 is 16.7 Å². The number of benzene rings is 2. The number of aromatic carboxylic acids is 1. The first-order valence-electron chi connectivity index (χ1n) is 4.63. The lowest BCUT2D eigenvalue weighted by molar-refractivity contribution is 0.0694. The summed E-state index contributed by atoms with van der Waals surface area (Å²) in [5, 5.41) is 10.1. The van der Waals surface area contributed by atoms with E-state index in [1.54, 1.807) is 24.3 Å². The van der Waals surface area contributed by atoms with E-state index in [0.29, 0.717) is 10.8 Å². The quantitative estimate of drug-likeness (QED) is 0.846. The standard InChI is InChI=1S/C12H9FO3/c1-16-11-9(13)6-7-4-2-3-5-8(7)10(11)12(14)15/h2-6H,1H3,(H,14,15). The number of rotatable bonds is 2. The summed E-state index contributed by atoms with van der Waals surface area (Å²) >= 11 is 0. The maximum atomic E-state index is 13.6. The molecule has 2 aromatic carbocycles. The second-order valence-electron chi connectivity index (χ2n) is 3.29. The number of carboxylic acids is 1.